The van der Waals surface area contributed by atoms with Crippen molar-refractivity contribution in [2.45, 2.75) is 26.4 Å². The van der Waals surface area contributed by atoms with Gasteiger partial charge >= 0.3 is 0 Å². The van der Waals surface area contributed by atoms with Crippen molar-refractivity contribution in [3.8, 4) is 11.4 Å². The van der Waals surface area contributed by atoms with Gasteiger partial charge in [0.2, 0.25) is 5.78 Å². The summed E-state index contributed by atoms with van der Waals surface area (Å²) < 4.78 is 18.7. The number of rotatable bonds is 5. The third-order valence-electron chi connectivity index (χ3n) is 4.86. The van der Waals surface area contributed by atoms with Crippen molar-refractivity contribution in [2.75, 3.05) is 0 Å². The van der Waals surface area contributed by atoms with Crippen molar-refractivity contribution in [3.05, 3.63) is 69.7 Å². The third kappa shape index (κ3) is 3.07. The van der Waals surface area contributed by atoms with Crippen LogP contribution in [0.4, 0.5) is 4.39 Å². The summed E-state index contributed by atoms with van der Waals surface area (Å²) in [4.78, 5) is 25.0. The zero-order valence-corrected chi connectivity index (χ0v) is 16.8. The van der Waals surface area contributed by atoms with E-state index in [1.165, 1.54) is 12.1 Å². The van der Waals surface area contributed by atoms with Crippen LogP contribution in [0.15, 0.2) is 47.8 Å². The standard InChI is InChI=1S/C20H17ClFN7O/c1-2-4-29-19(30)16-18(28-5-3-23-20(28)29)26-17(25-16)13-9-24-27(11-13)10-12-6-14(21)8-15(22)7-12/h3,5-9,11H,2,4,10H2,1H3,(H,25,26). The molecule has 5 rings (SSSR count). The van der Waals surface area contributed by atoms with Crippen molar-refractivity contribution in [2.24, 2.45) is 0 Å². The molecule has 0 radical (unpaired) electrons. The summed E-state index contributed by atoms with van der Waals surface area (Å²) in [5, 5.41) is 4.66. The fourth-order valence-electron chi connectivity index (χ4n) is 3.60. The molecule has 0 spiro atoms. The predicted octanol–water partition coefficient (Wildman–Crippen LogP) is 3.49. The first-order valence-corrected chi connectivity index (χ1v) is 9.84. The molecule has 1 aromatic carbocycles. The monoisotopic (exact) mass is 425 g/mol. The summed E-state index contributed by atoms with van der Waals surface area (Å²) in [7, 11) is 0. The van der Waals surface area contributed by atoms with Crippen LogP contribution in [0.3, 0.4) is 0 Å². The molecule has 152 valence electrons. The van der Waals surface area contributed by atoms with Crippen LogP contribution >= 0.6 is 11.6 Å². The average Bonchev–Trinajstić information content (AvgIpc) is 3.42. The van der Waals surface area contributed by atoms with Gasteiger partial charge in [-0.15, -0.1) is 0 Å². The summed E-state index contributed by atoms with van der Waals surface area (Å²) >= 11 is 5.93. The van der Waals surface area contributed by atoms with E-state index in [4.69, 9.17) is 11.6 Å². The lowest BCUT2D eigenvalue weighted by atomic mass is 10.2. The van der Waals surface area contributed by atoms with Crippen molar-refractivity contribution in [1.29, 1.82) is 0 Å². The van der Waals surface area contributed by atoms with E-state index in [0.717, 1.165) is 6.42 Å². The van der Waals surface area contributed by atoms with Crippen LogP contribution in [0, 0.1) is 5.82 Å². The molecule has 1 N–H and O–H groups in total. The van der Waals surface area contributed by atoms with Crippen molar-refractivity contribution in [1.82, 2.24) is 33.7 Å². The molecule has 4 aromatic heterocycles. The van der Waals surface area contributed by atoms with Gasteiger partial charge in [0.1, 0.15) is 11.6 Å². The first-order chi connectivity index (χ1) is 14.5. The minimum absolute atomic E-state index is 0.161. The van der Waals surface area contributed by atoms with E-state index in [0.29, 0.717) is 52.0 Å². The molecule has 0 aliphatic carbocycles. The highest BCUT2D eigenvalue weighted by atomic mass is 35.5. The Morgan fingerprint density at radius 1 is 1.27 bits per heavy atom. The summed E-state index contributed by atoms with van der Waals surface area (Å²) in [5.41, 5.74) is 2.17. The molecule has 0 unspecified atom stereocenters. The second-order valence-corrected chi connectivity index (χ2v) is 7.48. The van der Waals surface area contributed by atoms with Gasteiger partial charge in [-0.3, -0.25) is 18.4 Å². The Kier molecular flexibility index (Phi) is 4.39. The second-order valence-electron chi connectivity index (χ2n) is 7.04. The fourth-order valence-corrected chi connectivity index (χ4v) is 3.84. The number of hydrogen-bond acceptors (Lipinski definition) is 4. The largest absolute Gasteiger partial charge is 0.332 e. The summed E-state index contributed by atoms with van der Waals surface area (Å²) in [6.45, 7) is 2.93. The highest BCUT2D eigenvalue weighted by molar-refractivity contribution is 6.30. The zero-order valence-electron chi connectivity index (χ0n) is 16.0. The number of hydrogen-bond donors (Lipinski definition) is 1. The average molecular weight is 426 g/mol. The molecule has 0 saturated heterocycles. The van der Waals surface area contributed by atoms with E-state index in [2.05, 4.69) is 20.1 Å². The van der Waals surface area contributed by atoms with E-state index >= 15 is 0 Å². The van der Waals surface area contributed by atoms with Crippen LogP contribution in [0.1, 0.15) is 18.9 Å². The fraction of sp³-hybridized carbons (Fsp3) is 0.200. The van der Waals surface area contributed by atoms with Crippen molar-refractivity contribution < 1.29 is 4.39 Å². The number of nitrogens with zero attached hydrogens (tertiary/aromatic N) is 6. The molecule has 8 nitrogen and oxygen atoms in total. The van der Waals surface area contributed by atoms with Crippen LogP contribution in [0.5, 0.6) is 0 Å². The van der Waals surface area contributed by atoms with Crippen LogP contribution < -0.4 is 5.56 Å². The lowest BCUT2D eigenvalue weighted by Gasteiger charge is -2.05. The Hall–Kier alpha value is -3.46. The molecular weight excluding hydrogens is 409 g/mol. The molecule has 0 fully saturated rings. The Bertz CT molecular complexity index is 1420. The van der Waals surface area contributed by atoms with Gasteiger partial charge in [0, 0.05) is 30.2 Å². The first-order valence-electron chi connectivity index (χ1n) is 9.47. The number of benzene rings is 1. The quantitative estimate of drug-likeness (QED) is 0.467. The van der Waals surface area contributed by atoms with Gasteiger partial charge < -0.3 is 4.98 Å². The maximum atomic E-state index is 13.6. The van der Waals surface area contributed by atoms with Gasteiger partial charge in [-0.05, 0) is 30.2 Å². The van der Waals surface area contributed by atoms with Gasteiger partial charge in [0.05, 0.1) is 18.3 Å². The molecular formula is C20H17ClFN7O. The molecule has 0 amide bonds. The van der Waals surface area contributed by atoms with Crippen LogP contribution in [0.25, 0.3) is 28.3 Å². The van der Waals surface area contributed by atoms with Gasteiger partial charge in [-0.1, -0.05) is 18.5 Å². The number of aromatic nitrogens is 7. The van der Waals surface area contributed by atoms with E-state index in [1.54, 1.807) is 44.5 Å². The topological polar surface area (TPSA) is 85.8 Å². The summed E-state index contributed by atoms with van der Waals surface area (Å²) in [5.74, 6) is 0.691. The highest BCUT2D eigenvalue weighted by Gasteiger charge is 2.17. The van der Waals surface area contributed by atoms with E-state index < -0.39 is 5.82 Å². The lowest BCUT2D eigenvalue weighted by molar-refractivity contribution is 0.619. The number of H-pyrrole nitrogens is 1. The Balaban J connectivity index is 1.56. The second kappa shape index (κ2) is 7.10. The zero-order chi connectivity index (χ0) is 20.8. The van der Waals surface area contributed by atoms with E-state index in [-0.39, 0.29) is 5.56 Å². The molecule has 4 heterocycles. The van der Waals surface area contributed by atoms with Crippen LogP contribution in [-0.2, 0) is 13.1 Å². The number of imidazole rings is 2. The molecule has 0 aliphatic rings. The Morgan fingerprint density at radius 2 is 2.13 bits per heavy atom. The molecule has 5 aromatic rings. The normalized spacial score (nSPS) is 11.7. The first kappa shape index (κ1) is 18.6. The predicted molar refractivity (Wildman–Crippen MR) is 111 cm³/mol. The summed E-state index contributed by atoms with van der Waals surface area (Å²) in [6.07, 6.45) is 7.67. The molecule has 10 heteroatoms. The van der Waals surface area contributed by atoms with E-state index in [1.807, 2.05) is 6.92 Å². The van der Waals surface area contributed by atoms with Crippen LogP contribution in [-0.4, -0.2) is 33.7 Å². The molecule has 30 heavy (non-hydrogen) atoms. The SMILES string of the molecule is CCCn1c(=O)c2[nH]c(-c3cnn(Cc4cc(F)cc(Cl)c4)c3)nc2n2ccnc12. The van der Waals surface area contributed by atoms with Gasteiger partial charge in [0.15, 0.2) is 11.2 Å². The molecule has 0 saturated carbocycles. The molecule has 0 atom stereocenters. The minimum Gasteiger partial charge on any atom is -0.332 e. The van der Waals surface area contributed by atoms with Crippen molar-refractivity contribution in [3.63, 3.8) is 0 Å². The van der Waals surface area contributed by atoms with Crippen molar-refractivity contribution >= 4 is 28.5 Å². The minimum atomic E-state index is -0.394. The summed E-state index contributed by atoms with van der Waals surface area (Å²) in [6, 6.07) is 4.37. The number of aryl methyl sites for hydroxylation is 1. The van der Waals surface area contributed by atoms with Gasteiger partial charge in [-0.25, -0.2) is 14.4 Å². The van der Waals surface area contributed by atoms with Gasteiger partial charge in [-0.2, -0.15) is 5.10 Å². The van der Waals surface area contributed by atoms with Gasteiger partial charge in [0.25, 0.3) is 5.56 Å². The number of nitrogens with one attached hydrogen (secondary N) is 1. The van der Waals surface area contributed by atoms with Crippen LogP contribution in [0.2, 0.25) is 5.02 Å². The third-order valence-corrected chi connectivity index (χ3v) is 5.07. The maximum absolute atomic E-state index is 13.6. The maximum Gasteiger partial charge on any atom is 0.280 e. The lowest BCUT2D eigenvalue weighted by Crippen LogP contribution is -2.23. The number of aromatic amines is 1. The Labute approximate surface area is 174 Å². The highest BCUT2D eigenvalue weighted by Crippen LogP contribution is 2.20. The molecule has 0 bridgehead atoms. The van der Waals surface area contributed by atoms with E-state index in [9.17, 15) is 9.18 Å². The Morgan fingerprint density at radius 3 is 2.93 bits per heavy atom. The number of halogens is 2. The number of fused-ring (bicyclic) bond motifs is 3. The smallest absolute Gasteiger partial charge is 0.280 e. The molecule has 0 aliphatic heterocycles.